The summed E-state index contributed by atoms with van der Waals surface area (Å²) < 4.78 is 11.0. The Bertz CT molecular complexity index is 197. The van der Waals surface area contributed by atoms with Crippen molar-refractivity contribution in [2.24, 2.45) is 11.1 Å². The zero-order valence-electron chi connectivity index (χ0n) is 10.8. The normalized spacial score (nSPS) is 27.8. The van der Waals surface area contributed by atoms with Gasteiger partial charge in [-0.05, 0) is 13.3 Å². The van der Waals surface area contributed by atoms with Crippen LogP contribution < -0.4 is 11.1 Å². The second kappa shape index (κ2) is 6.55. The van der Waals surface area contributed by atoms with Gasteiger partial charge in [0.15, 0.2) is 0 Å². The van der Waals surface area contributed by atoms with Crippen LogP contribution in [-0.4, -0.2) is 45.1 Å². The van der Waals surface area contributed by atoms with Gasteiger partial charge in [0.05, 0.1) is 19.3 Å². The minimum absolute atomic E-state index is 0.240. The summed E-state index contributed by atoms with van der Waals surface area (Å²) in [6.07, 6.45) is 1.51. The molecule has 4 heteroatoms. The highest BCUT2D eigenvalue weighted by Gasteiger charge is 2.48. The van der Waals surface area contributed by atoms with E-state index in [0.29, 0.717) is 25.3 Å². The summed E-state index contributed by atoms with van der Waals surface area (Å²) in [5.41, 5.74) is 5.58. The summed E-state index contributed by atoms with van der Waals surface area (Å²) in [6, 6.07) is 0.547. The number of hydrogen-bond donors (Lipinski definition) is 2. The quantitative estimate of drug-likeness (QED) is 0.604. The van der Waals surface area contributed by atoms with Crippen molar-refractivity contribution in [3.05, 3.63) is 0 Å². The zero-order chi connectivity index (χ0) is 12.0. The maximum Gasteiger partial charge on any atom is 0.0655 e. The second-order valence-corrected chi connectivity index (χ2v) is 4.91. The third-order valence-corrected chi connectivity index (χ3v) is 3.44. The van der Waals surface area contributed by atoms with Gasteiger partial charge >= 0.3 is 0 Å². The van der Waals surface area contributed by atoms with Crippen molar-refractivity contribution in [2.45, 2.75) is 39.3 Å². The van der Waals surface area contributed by atoms with Crippen LogP contribution in [0.15, 0.2) is 0 Å². The Labute approximate surface area is 98.9 Å². The summed E-state index contributed by atoms with van der Waals surface area (Å²) in [5.74, 6) is 0. The first-order chi connectivity index (χ1) is 7.62. The van der Waals surface area contributed by atoms with Crippen molar-refractivity contribution in [3.8, 4) is 0 Å². The monoisotopic (exact) mass is 230 g/mol. The largest absolute Gasteiger partial charge is 0.379 e. The van der Waals surface area contributed by atoms with E-state index in [-0.39, 0.29) is 5.41 Å². The molecule has 1 rings (SSSR count). The van der Waals surface area contributed by atoms with Crippen LogP contribution >= 0.6 is 0 Å². The van der Waals surface area contributed by atoms with Crippen molar-refractivity contribution >= 4 is 0 Å². The number of nitrogens with one attached hydrogen (secondary N) is 1. The molecule has 0 radical (unpaired) electrons. The Hall–Kier alpha value is -0.160. The smallest absolute Gasteiger partial charge is 0.0655 e. The van der Waals surface area contributed by atoms with Gasteiger partial charge in [-0.15, -0.1) is 0 Å². The van der Waals surface area contributed by atoms with Gasteiger partial charge < -0.3 is 20.5 Å². The van der Waals surface area contributed by atoms with E-state index in [1.807, 2.05) is 0 Å². The van der Waals surface area contributed by atoms with E-state index in [4.69, 9.17) is 15.2 Å². The van der Waals surface area contributed by atoms with Gasteiger partial charge in [0.2, 0.25) is 0 Å². The lowest BCUT2D eigenvalue weighted by molar-refractivity contribution is -0.114. The van der Waals surface area contributed by atoms with Gasteiger partial charge in [-0.2, -0.15) is 0 Å². The first-order valence-electron chi connectivity index (χ1n) is 6.25. The number of nitrogens with two attached hydrogens (primary N) is 1. The Balaban J connectivity index is 2.11. The molecule has 0 aromatic carbocycles. The molecule has 16 heavy (non-hydrogen) atoms. The lowest BCUT2D eigenvalue weighted by atomic mass is 9.64. The van der Waals surface area contributed by atoms with E-state index in [9.17, 15) is 0 Å². The maximum atomic E-state index is 5.68. The van der Waals surface area contributed by atoms with Crippen molar-refractivity contribution in [2.75, 3.05) is 32.9 Å². The minimum atomic E-state index is 0.240. The van der Waals surface area contributed by atoms with Crippen LogP contribution in [0.2, 0.25) is 0 Å². The van der Waals surface area contributed by atoms with Crippen LogP contribution in [0, 0.1) is 5.41 Å². The first kappa shape index (κ1) is 13.9. The molecule has 1 saturated carbocycles. The van der Waals surface area contributed by atoms with E-state index in [1.165, 1.54) is 0 Å². The molecular weight excluding hydrogens is 204 g/mol. The standard InChI is InChI=1S/C12H26N2O2/c1-4-16-11-9-10(12(11,2)3)14-6-8-15-7-5-13/h10-11,14H,4-9,13H2,1-3H3. The molecule has 0 heterocycles. The van der Waals surface area contributed by atoms with Crippen LogP contribution in [0.25, 0.3) is 0 Å². The van der Waals surface area contributed by atoms with Crippen molar-refractivity contribution in [1.29, 1.82) is 0 Å². The first-order valence-corrected chi connectivity index (χ1v) is 6.25. The Morgan fingerprint density at radius 1 is 1.38 bits per heavy atom. The molecule has 1 aliphatic rings. The highest BCUT2D eigenvalue weighted by molar-refractivity contribution is 5.02. The predicted molar refractivity (Wildman–Crippen MR) is 65.5 cm³/mol. The van der Waals surface area contributed by atoms with Crippen molar-refractivity contribution < 1.29 is 9.47 Å². The molecule has 96 valence electrons. The summed E-state index contributed by atoms with van der Waals surface area (Å²) in [4.78, 5) is 0. The average Bonchev–Trinajstić information content (AvgIpc) is 2.26. The topological polar surface area (TPSA) is 56.5 Å². The number of ether oxygens (including phenoxy) is 2. The maximum absolute atomic E-state index is 5.68. The van der Waals surface area contributed by atoms with E-state index in [0.717, 1.165) is 26.2 Å². The van der Waals surface area contributed by atoms with Crippen molar-refractivity contribution in [1.82, 2.24) is 5.32 Å². The zero-order valence-corrected chi connectivity index (χ0v) is 10.8. The van der Waals surface area contributed by atoms with Gasteiger partial charge in [0, 0.05) is 31.2 Å². The molecule has 0 aromatic rings. The lowest BCUT2D eigenvalue weighted by Crippen LogP contribution is -2.61. The average molecular weight is 230 g/mol. The number of hydrogen-bond acceptors (Lipinski definition) is 4. The van der Waals surface area contributed by atoms with Crippen molar-refractivity contribution in [3.63, 3.8) is 0 Å². The number of rotatable bonds is 8. The van der Waals surface area contributed by atoms with E-state index < -0.39 is 0 Å². The van der Waals surface area contributed by atoms with Gasteiger partial charge in [0.1, 0.15) is 0 Å². The summed E-state index contributed by atoms with van der Waals surface area (Å²) >= 11 is 0. The van der Waals surface area contributed by atoms with Crippen LogP contribution in [0.5, 0.6) is 0 Å². The third kappa shape index (κ3) is 3.42. The molecule has 2 unspecified atom stereocenters. The fourth-order valence-corrected chi connectivity index (χ4v) is 2.21. The van der Waals surface area contributed by atoms with Crippen LogP contribution in [0.3, 0.4) is 0 Å². The molecule has 0 amide bonds. The van der Waals surface area contributed by atoms with Gasteiger partial charge in [-0.3, -0.25) is 0 Å². The fraction of sp³-hybridized carbons (Fsp3) is 1.00. The molecule has 1 aliphatic carbocycles. The molecule has 0 aromatic heterocycles. The van der Waals surface area contributed by atoms with E-state index in [1.54, 1.807) is 0 Å². The molecule has 0 saturated heterocycles. The summed E-state index contributed by atoms with van der Waals surface area (Å²) in [6.45, 7) is 10.3. The second-order valence-electron chi connectivity index (χ2n) is 4.91. The predicted octanol–water partition coefficient (Wildman–Crippen LogP) is 0.755. The Kier molecular flexibility index (Phi) is 5.69. The molecule has 0 spiro atoms. The van der Waals surface area contributed by atoms with Crippen LogP contribution in [-0.2, 0) is 9.47 Å². The minimum Gasteiger partial charge on any atom is -0.379 e. The molecule has 4 nitrogen and oxygen atoms in total. The van der Waals surface area contributed by atoms with Gasteiger partial charge in [0.25, 0.3) is 0 Å². The van der Waals surface area contributed by atoms with Gasteiger partial charge in [-0.25, -0.2) is 0 Å². The van der Waals surface area contributed by atoms with Crippen LogP contribution in [0.1, 0.15) is 27.2 Å². The molecular formula is C12H26N2O2. The highest BCUT2D eigenvalue weighted by atomic mass is 16.5. The molecule has 1 fully saturated rings. The van der Waals surface area contributed by atoms with Crippen LogP contribution in [0.4, 0.5) is 0 Å². The summed E-state index contributed by atoms with van der Waals surface area (Å²) in [7, 11) is 0. The SMILES string of the molecule is CCOC1CC(NCCOCCN)C1(C)C. The molecule has 0 aliphatic heterocycles. The third-order valence-electron chi connectivity index (χ3n) is 3.44. The fourth-order valence-electron chi connectivity index (χ4n) is 2.21. The van der Waals surface area contributed by atoms with Gasteiger partial charge in [-0.1, -0.05) is 13.8 Å². The molecule has 3 N–H and O–H groups in total. The molecule has 2 atom stereocenters. The highest BCUT2D eigenvalue weighted by Crippen LogP contribution is 2.42. The Morgan fingerprint density at radius 2 is 2.12 bits per heavy atom. The Morgan fingerprint density at radius 3 is 2.69 bits per heavy atom. The van der Waals surface area contributed by atoms with E-state index >= 15 is 0 Å². The molecule has 0 bridgehead atoms. The summed E-state index contributed by atoms with van der Waals surface area (Å²) in [5, 5.41) is 3.51. The van der Waals surface area contributed by atoms with E-state index in [2.05, 4.69) is 26.1 Å². The lowest BCUT2D eigenvalue weighted by Gasteiger charge is -2.52.